The molecular weight excluding hydrogens is 625 g/mol. The summed E-state index contributed by atoms with van der Waals surface area (Å²) < 4.78 is 3.13. The van der Waals surface area contributed by atoms with Crippen molar-refractivity contribution in [2.24, 2.45) is 0 Å². The predicted molar refractivity (Wildman–Crippen MR) is 140 cm³/mol. The first-order chi connectivity index (χ1) is 16.7. The first-order valence-corrected chi connectivity index (χ1v) is 15.3. The Morgan fingerprint density at radius 3 is 2.17 bits per heavy atom. The van der Waals surface area contributed by atoms with Crippen molar-refractivity contribution in [1.82, 2.24) is 0 Å². The largest absolute Gasteiger partial charge is 1.00 e. The van der Waals surface area contributed by atoms with Gasteiger partial charge < -0.3 is 24.8 Å². The van der Waals surface area contributed by atoms with Crippen LogP contribution in [0.1, 0.15) is 45.2 Å². The molecule has 0 radical (unpaired) electrons. The fraction of sp³-hybridized carbons (Fsp3) is 0.0667. The first-order valence-electron chi connectivity index (χ1n) is 11.3. The molecule has 0 amide bonds. The Kier molecular flexibility index (Phi) is 7.68. The molecule has 36 heavy (non-hydrogen) atoms. The molecule has 1 aliphatic heterocycles. The van der Waals surface area contributed by atoms with Crippen LogP contribution < -0.4 is 24.8 Å². The van der Waals surface area contributed by atoms with Crippen LogP contribution in [-0.2, 0) is 23.2 Å². The van der Waals surface area contributed by atoms with Crippen LogP contribution in [0, 0.1) is 0 Å². The molecule has 4 aromatic carbocycles. The molecule has 2 aliphatic carbocycles. The molecule has 2 unspecified atom stereocenters. The molecule has 7 rings (SSSR count). The van der Waals surface area contributed by atoms with E-state index in [4.69, 9.17) is 23.2 Å². The molecule has 0 fully saturated rings. The van der Waals surface area contributed by atoms with E-state index < -0.39 is 23.2 Å². The van der Waals surface area contributed by atoms with Crippen LogP contribution in [0.4, 0.5) is 0 Å². The first kappa shape index (κ1) is 26.4. The second kappa shape index (κ2) is 10.5. The van der Waals surface area contributed by atoms with Crippen LogP contribution in [-0.4, -0.2) is 0 Å². The minimum absolute atomic E-state index is 0. The predicted octanol–water partition coefficient (Wildman–Crippen LogP) is 3.22. The minimum Gasteiger partial charge on any atom is -1.00 e. The zero-order valence-corrected chi connectivity index (χ0v) is 25.1. The fourth-order valence-corrected chi connectivity index (χ4v) is 11.2. The third kappa shape index (κ3) is 4.29. The Morgan fingerprint density at radius 1 is 0.639 bits per heavy atom. The van der Waals surface area contributed by atoms with Crippen LogP contribution in [0.15, 0.2) is 101 Å². The van der Waals surface area contributed by atoms with Gasteiger partial charge in [-0.15, -0.1) is 0 Å². The average Bonchev–Trinajstić information content (AvgIpc) is 3.42. The Hall–Kier alpha value is -1.25. The van der Waals surface area contributed by atoms with Crippen molar-refractivity contribution in [3.8, 4) is 0 Å². The van der Waals surface area contributed by atoms with Gasteiger partial charge in [0.2, 0.25) is 0 Å². The molecule has 2 atom stereocenters. The van der Waals surface area contributed by atoms with E-state index in [1.54, 1.807) is 6.56 Å². The second-order valence-electron chi connectivity index (χ2n) is 8.89. The van der Waals surface area contributed by atoms with E-state index in [0.717, 1.165) is 10.0 Å². The van der Waals surface area contributed by atoms with Crippen LogP contribution in [0.25, 0.3) is 12.2 Å². The molecule has 0 nitrogen and oxygen atoms in total. The molecule has 0 saturated carbocycles. The third-order valence-electron chi connectivity index (χ3n) is 6.93. The molecule has 6 bridgehead atoms. The summed E-state index contributed by atoms with van der Waals surface area (Å²) in [5.41, 5.74) is 7.85. The van der Waals surface area contributed by atoms with Gasteiger partial charge >= 0.3 is 227 Å². The summed E-state index contributed by atoms with van der Waals surface area (Å²) in [6, 6.07) is 30.5. The summed E-state index contributed by atoms with van der Waals surface area (Å²) in [6.45, 7) is 0. The zero-order chi connectivity index (χ0) is 22.8. The number of halogens is 4. The standard InChI is InChI=1S/C15H8ClS.C15H10Cl.2ClH.Zr/c16-13-6-7-14-12-5-4-11(15(12)13)9-2-1-3-10(8-9)17-14;16-14-8-4-7-12-9-10-13(15(12)14)11-5-2-1-3-6-11;;;/h1-3,5-8,11H;1-9,13H;2*1H;/q;;;;+2/p-2. The van der Waals surface area contributed by atoms with Gasteiger partial charge in [-0.2, -0.15) is 0 Å². The van der Waals surface area contributed by atoms with Crippen molar-refractivity contribution in [3.05, 3.63) is 135 Å². The number of fused-ring (bicyclic) bond motifs is 4. The Morgan fingerprint density at radius 2 is 1.33 bits per heavy atom. The maximum Gasteiger partial charge on any atom is -1.00 e. The van der Waals surface area contributed by atoms with E-state index in [-0.39, 0.29) is 36.6 Å². The van der Waals surface area contributed by atoms with Gasteiger partial charge in [-0.25, -0.2) is 0 Å². The summed E-state index contributed by atoms with van der Waals surface area (Å²) in [5.74, 6) is 0.494. The van der Waals surface area contributed by atoms with Crippen molar-refractivity contribution in [3.63, 3.8) is 0 Å². The second-order valence-corrected chi connectivity index (χ2v) is 14.3. The van der Waals surface area contributed by atoms with Crippen LogP contribution >= 0.6 is 35.0 Å². The van der Waals surface area contributed by atoms with Gasteiger partial charge in [0.15, 0.2) is 0 Å². The maximum absolute atomic E-state index is 6.85. The van der Waals surface area contributed by atoms with Crippen molar-refractivity contribution < 1.29 is 48.0 Å². The molecule has 0 spiro atoms. The summed E-state index contributed by atoms with van der Waals surface area (Å²) in [5, 5.41) is 1.75. The van der Waals surface area contributed by atoms with Crippen LogP contribution in [0.5, 0.6) is 0 Å². The van der Waals surface area contributed by atoms with Gasteiger partial charge in [-0.1, -0.05) is 0 Å². The van der Waals surface area contributed by atoms with E-state index >= 15 is 0 Å². The quantitative estimate of drug-likeness (QED) is 0.331. The number of hydrogen-bond donors (Lipinski definition) is 0. The SMILES string of the molecule is Clc1cccc2c1C(c1ccccc1)[C]([Zr+2][C]1=Cc3c4ccc(Cl)c3C1c1cccc(c1)S4)=C2.[Cl-].[Cl-]. The van der Waals surface area contributed by atoms with Gasteiger partial charge in [0.25, 0.3) is 0 Å². The van der Waals surface area contributed by atoms with Crippen molar-refractivity contribution in [2.75, 3.05) is 0 Å². The molecule has 0 N–H and O–H groups in total. The van der Waals surface area contributed by atoms with Crippen molar-refractivity contribution in [2.45, 2.75) is 21.6 Å². The number of rotatable bonds is 3. The summed E-state index contributed by atoms with van der Waals surface area (Å²) in [7, 11) is 0. The third-order valence-corrected chi connectivity index (χ3v) is 12.2. The average molecular weight is 644 g/mol. The topological polar surface area (TPSA) is 0 Å². The fourth-order valence-electron chi connectivity index (χ4n) is 5.51. The van der Waals surface area contributed by atoms with Crippen LogP contribution in [0.2, 0.25) is 10.0 Å². The Bertz CT molecular complexity index is 1540. The van der Waals surface area contributed by atoms with Gasteiger partial charge in [0.05, 0.1) is 0 Å². The molecule has 176 valence electrons. The van der Waals surface area contributed by atoms with Crippen molar-refractivity contribution in [1.29, 1.82) is 0 Å². The van der Waals surface area contributed by atoms with E-state index in [0.29, 0.717) is 0 Å². The molecule has 0 aromatic heterocycles. The van der Waals surface area contributed by atoms with Crippen molar-refractivity contribution >= 4 is 47.1 Å². The zero-order valence-electron chi connectivity index (χ0n) is 18.8. The molecule has 6 heteroatoms. The Labute approximate surface area is 249 Å². The monoisotopic (exact) mass is 640 g/mol. The van der Waals surface area contributed by atoms with Gasteiger partial charge in [0, 0.05) is 0 Å². The number of benzene rings is 4. The normalized spacial score (nSPS) is 17.9. The van der Waals surface area contributed by atoms with Gasteiger partial charge in [-0.3, -0.25) is 0 Å². The summed E-state index contributed by atoms with van der Waals surface area (Å²) in [6.07, 6.45) is 4.91. The van der Waals surface area contributed by atoms with E-state index in [2.05, 4.69) is 91.0 Å². The van der Waals surface area contributed by atoms with Gasteiger partial charge in [-0.05, 0) is 0 Å². The summed E-state index contributed by atoms with van der Waals surface area (Å²) in [4.78, 5) is 2.61. The molecule has 3 aliphatic rings. The van der Waals surface area contributed by atoms with E-state index in [9.17, 15) is 0 Å². The molecule has 1 heterocycles. The molecular formula is C30H18Cl4SZr. The number of hydrogen-bond acceptors (Lipinski definition) is 1. The van der Waals surface area contributed by atoms with E-state index in [1.807, 2.05) is 17.8 Å². The van der Waals surface area contributed by atoms with Gasteiger partial charge in [0.1, 0.15) is 0 Å². The summed E-state index contributed by atoms with van der Waals surface area (Å²) >= 11 is 14.3. The van der Waals surface area contributed by atoms with E-state index in [1.165, 1.54) is 43.2 Å². The maximum atomic E-state index is 6.85. The smallest absolute Gasteiger partial charge is 1.00 e. The number of allylic oxidation sites excluding steroid dienone is 2. The Balaban J connectivity index is 0.00000133. The minimum atomic E-state index is -1.15. The molecule has 4 aromatic rings. The molecule has 0 saturated heterocycles. The van der Waals surface area contributed by atoms with Crippen LogP contribution in [0.3, 0.4) is 0 Å².